The number of hydrogen-bond acceptors (Lipinski definition) is 4. The van der Waals surface area contributed by atoms with Crippen molar-refractivity contribution < 1.29 is 13.2 Å². The minimum atomic E-state index is -3.64. The van der Waals surface area contributed by atoms with Crippen LogP contribution < -0.4 is 0 Å². The maximum absolute atomic E-state index is 12.3. The maximum Gasteiger partial charge on any atom is 0.260 e. The van der Waals surface area contributed by atoms with Gasteiger partial charge in [0, 0.05) is 26.6 Å². The Morgan fingerprint density at radius 3 is 2.72 bits per heavy atom. The lowest BCUT2D eigenvalue weighted by molar-refractivity contribution is -0.132. The molecule has 2 heterocycles. The van der Waals surface area contributed by atoms with E-state index >= 15 is 0 Å². The summed E-state index contributed by atoms with van der Waals surface area (Å²) in [6.07, 6.45) is 1.94. The number of aromatic nitrogens is 2. The van der Waals surface area contributed by atoms with E-state index in [9.17, 15) is 13.2 Å². The number of piperazine rings is 1. The summed E-state index contributed by atoms with van der Waals surface area (Å²) in [6, 6.07) is 0. The quantitative estimate of drug-likeness (QED) is 0.798. The van der Waals surface area contributed by atoms with Gasteiger partial charge in [0.05, 0.1) is 12.7 Å². The third kappa shape index (κ3) is 2.25. The number of nitrogens with zero attached hydrogens (tertiary/aromatic N) is 3. The van der Waals surface area contributed by atoms with Gasteiger partial charge in [-0.3, -0.25) is 4.79 Å². The molecule has 1 aromatic rings. The predicted molar refractivity (Wildman–Crippen MR) is 64.4 cm³/mol. The minimum Gasteiger partial charge on any atom is -0.343 e. The van der Waals surface area contributed by atoms with Crippen LogP contribution in [0.15, 0.2) is 11.2 Å². The van der Waals surface area contributed by atoms with Crippen LogP contribution in [0.1, 0.15) is 12.7 Å². The number of rotatable bonds is 3. The number of carbonyl (C=O) groups excluding carboxylic acids is 1. The number of aryl methyl sites for hydroxylation is 1. The van der Waals surface area contributed by atoms with E-state index in [1.165, 1.54) is 15.4 Å². The van der Waals surface area contributed by atoms with Crippen molar-refractivity contribution in [1.82, 2.24) is 19.2 Å². The molecule has 8 heteroatoms. The molecule has 0 aliphatic carbocycles. The van der Waals surface area contributed by atoms with Crippen molar-refractivity contribution in [1.29, 1.82) is 0 Å². The van der Waals surface area contributed by atoms with Crippen LogP contribution in [0.25, 0.3) is 0 Å². The van der Waals surface area contributed by atoms with Crippen LogP contribution in [0.5, 0.6) is 0 Å². The Labute approximate surface area is 106 Å². The standard InChI is InChI=1S/C10H16N4O3S/c1-3-8-11-6-9(12-8)18(16,17)14-5-4-13(2)10(15)7-14/h6H,3-5,7H2,1-2H3,(H,11,12). The summed E-state index contributed by atoms with van der Waals surface area (Å²) in [4.78, 5) is 19.8. The zero-order valence-corrected chi connectivity index (χ0v) is 11.2. The first-order valence-electron chi connectivity index (χ1n) is 5.73. The summed E-state index contributed by atoms with van der Waals surface area (Å²) in [5.41, 5.74) is 0. The van der Waals surface area contributed by atoms with E-state index in [1.807, 2.05) is 6.92 Å². The fourth-order valence-electron chi connectivity index (χ4n) is 1.74. The van der Waals surface area contributed by atoms with E-state index in [0.717, 1.165) is 0 Å². The third-order valence-corrected chi connectivity index (χ3v) is 4.73. The highest BCUT2D eigenvalue weighted by molar-refractivity contribution is 7.89. The van der Waals surface area contributed by atoms with Crippen molar-refractivity contribution >= 4 is 15.9 Å². The van der Waals surface area contributed by atoms with Crippen LogP contribution >= 0.6 is 0 Å². The van der Waals surface area contributed by atoms with Gasteiger partial charge in [0.15, 0.2) is 5.03 Å². The van der Waals surface area contributed by atoms with E-state index in [4.69, 9.17) is 0 Å². The largest absolute Gasteiger partial charge is 0.343 e. The number of amides is 1. The maximum atomic E-state index is 12.3. The Morgan fingerprint density at radius 1 is 1.44 bits per heavy atom. The molecule has 0 aromatic carbocycles. The zero-order valence-electron chi connectivity index (χ0n) is 10.4. The van der Waals surface area contributed by atoms with E-state index in [1.54, 1.807) is 7.05 Å². The van der Waals surface area contributed by atoms with Crippen LogP contribution in [-0.2, 0) is 21.2 Å². The van der Waals surface area contributed by atoms with Crippen LogP contribution in [0.4, 0.5) is 0 Å². The molecule has 1 N–H and O–H groups in total. The first-order valence-corrected chi connectivity index (χ1v) is 7.17. The second kappa shape index (κ2) is 4.69. The molecule has 0 atom stereocenters. The number of likely N-dealkylation sites (N-methyl/N-ethyl adjacent to an activating group) is 1. The number of nitrogens with one attached hydrogen (secondary N) is 1. The smallest absolute Gasteiger partial charge is 0.260 e. The van der Waals surface area contributed by atoms with E-state index in [-0.39, 0.29) is 17.5 Å². The van der Waals surface area contributed by atoms with Crippen molar-refractivity contribution in [3.8, 4) is 0 Å². The second-order valence-electron chi connectivity index (χ2n) is 4.20. The summed E-state index contributed by atoms with van der Waals surface area (Å²) < 4.78 is 25.7. The van der Waals surface area contributed by atoms with Gasteiger partial charge < -0.3 is 9.88 Å². The van der Waals surface area contributed by atoms with Gasteiger partial charge in [0.25, 0.3) is 10.0 Å². The predicted octanol–water partition coefficient (Wildman–Crippen LogP) is -0.565. The fourth-order valence-corrected chi connectivity index (χ4v) is 3.05. The molecule has 1 saturated heterocycles. The monoisotopic (exact) mass is 272 g/mol. The van der Waals surface area contributed by atoms with Crippen LogP contribution in [-0.4, -0.2) is 60.2 Å². The molecule has 1 amide bonds. The van der Waals surface area contributed by atoms with Gasteiger partial charge in [0.2, 0.25) is 5.91 Å². The summed E-state index contributed by atoms with van der Waals surface area (Å²) in [7, 11) is -1.98. The average Bonchev–Trinajstić information content (AvgIpc) is 2.81. The summed E-state index contributed by atoms with van der Waals surface area (Å²) >= 11 is 0. The Balaban J connectivity index is 2.23. The number of sulfonamides is 1. The van der Waals surface area contributed by atoms with Gasteiger partial charge in [-0.25, -0.2) is 13.4 Å². The molecule has 7 nitrogen and oxygen atoms in total. The zero-order chi connectivity index (χ0) is 13.3. The number of imidazole rings is 1. The van der Waals surface area contributed by atoms with E-state index in [0.29, 0.717) is 25.3 Å². The van der Waals surface area contributed by atoms with Gasteiger partial charge >= 0.3 is 0 Å². The van der Waals surface area contributed by atoms with E-state index < -0.39 is 10.0 Å². The van der Waals surface area contributed by atoms with Crippen LogP contribution in [0.3, 0.4) is 0 Å². The molecule has 2 rings (SSSR count). The minimum absolute atomic E-state index is 0.0525. The first-order chi connectivity index (χ1) is 8.45. The lowest BCUT2D eigenvalue weighted by atomic mass is 10.4. The Morgan fingerprint density at radius 2 is 2.17 bits per heavy atom. The fraction of sp³-hybridized carbons (Fsp3) is 0.600. The normalized spacial score (nSPS) is 18.3. The number of H-pyrrole nitrogens is 1. The molecule has 1 aliphatic rings. The highest BCUT2D eigenvalue weighted by atomic mass is 32.2. The molecule has 100 valence electrons. The molecule has 0 unspecified atom stereocenters. The van der Waals surface area contributed by atoms with Crippen molar-refractivity contribution in [3.05, 3.63) is 12.0 Å². The third-order valence-electron chi connectivity index (χ3n) is 2.98. The average molecular weight is 272 g/mol. The molecular formula is C10H16N4O3S. The lowest BCUT2D eigenvalue weighted by Gasteiger charge is -2.30. The Bertz CT molecular complexity index is 551. The molecule has 1 fully saturated rings. The van der Waals surface area contributed by atoms with Gasteiger partial charge in [-0.1, -0.05) is 6.92 Å². The van der Waals surface area contributed by atoms with Gasteiger partial charge in [-0.15, -0.1) is 0 Å². The van der Waals surface area contributed by atoms with Gasteiger partial charge in [0.1, 0.15) is 5.82 Å². The molecule has 0 spiro atoms. The summed E-state index contributed by atoms with van der Waals surface area (Å²) in [5.74, 6) is 0.425. The van der Waals surface area contributed by atoms with Crippen molar-refractivity contribution in [2.75, 3.05) is 26.7 Å². The number of aromatic amines is 1. The Kier molecular flexibility index (Phi) is 3.40. The second-order valence-corrected chi connectivity index (χ2v) is 6.11. The first kappa shape index (κ1) is 13.0. The number of hydrogen-bond donors (Lipinski definition) is 1. The lowest BCUT2D eigenvalue weighted by Crippen LogP contribution is -2.50. The van der Waals surface area contributed by atoms with Gasteiger partial charge in [-0.05, 0) is 0 Å². The molecule has 0 radical (unpaired) electrons. The highest BCUT2D eigenvalue weighted by Crippen LogP contribution is 2.15. The molecule has 1 aromatic heterocycles. The van der Waals surface area contributed by atoms with Crippen molar-refractivity contribution in [3.63, 3.8) is 0 Å². The molecule has 1 aliphatic heterocycles. The van der Waals surface area contributed by atoms with Crippen molar-refractivity contribution in [2.45, 2.75) is 18.4 Å². The highest BCUT2D eigenvalue weighted by Gasteiger charge is 2.32. The molecule has 0 bridgehead atoms. The topological polar surface area (TPSA) is 86.4 Å². The molecule has 0 saturated carbocycles. The Hall–Kier alpha value is -1.41. The SMILES string of the molecule is CCc1ncc(S(=O)(=O)N2CCN(C)C(=O)C2)[nH]1. The molecule has 18 heavy (non-hydrogen) atoms. The molecular weight excluding hydrogens is 256 g/mol. The van der Waals surface area contributed by atoms with Crippen LogP contribution in [0.2, 0.25) is 0 Å². The van der Waals surface area contributed by atoms with E-state index in [2.05, 4.69) is 9.97 Å². The number of carbonyl (C=O) groups is 1. The van der Waals surface area contributed by atoms with Crippen molar-refractivity contribution in [2.24, 2.45) is 0 Å². The summed E-state index contributed by atoms with van der Waals surface area (Å²) in [5, 5.41) is 0.0525. The van der Waals surface area contributed by atoms with Crippen LogP contribution in [0, 0.1) is 0 Å². The summed E-state index contributed by atoms with van der Waals surface area (Å²) in [6.45, 7) is 2.49. The van der Waals surface area contributed by atoms with Gasteiger partial charge in [-0.2, -0.15) is 4.31 Å².